The Kier molecular flexibility index (Phi) is 5.76. The van der Waals surface area contributed by atoms with Crippen LogP contribution in [0, 0.1) is 11.3 Å². The summed E-state index contributed by atoms with van der Waals surface area (Å²) < 4.78 is 1.48. The Morgan fingerprint density at radius 3 is 2.97 bits per heavy atom. The van der Waals surface area contributed by atoms with Gasteiger partial charge in [-0.15, -0.1) is 22.7 Å². The van der Waals surface area contributed by atoms with E-state index in [-0.39, 0.29) is 11.5 Å². The van der Waals surface area contributed by atoms with Gasteiger partial charge in [0.2, 0.25) is 5.91 Å². The van der Waals surface area contributed by atoms with Crippen LogP contribution in [0.3, 0.4) is 0 Å². The normalized spacial score (nSPS) is 14.8. The maximum absolute atomic E-state index is 12.8. The number of carbonyl (C=O) groups excluding carboxylic acids is 1. The quantitative estimate of drug-likeness (QED) is 0.368. The molecule has 4 rings (SSSR count). The molecule has 1 amide bonds. The molecule has 0 spiro atoms. The molecular formula is C20H20N4O2S3. The second-order valence-electron chi connectivity index (χ2n) is 7.03. The van der Waals surface area contributed by atoms with Crippen molar-refractivity contribution in [2.75, 3.05) is 5.32 Å². The fourth-order valence-electron chi connectivity index (χ4n) is 3.46. The average molecular weight is 445 g/mol. The molecule has 150 valence electrons. The number of thioether (sulfide) groups is 1. The molecule has 0 saturated carbocycles. The van der Waals surface area contributed by atoms with Gasteiger partial charge in [-0.25, -0.2) is 4.98 Å². The Bertz CT molecular complexity index is 1180. The number of rotatable bonds is 4. The van der Waals surface area contributed by atoms with Crippen molar-refractivity contribution in [3.05, 3.63) is 37.8 Å². The van der Waals surface area contributed by atoms with Crippen molar-refractivity contribution < 1.29 is 4.79 Å². The standard InChI is InChI=1S/C20H20N4O2S3/c1-11(28-20-23-17-13(8-9-27-17)19(26)24(20)2)16(25)22-18-14(10-21)12-6-4-3-5-7-15(12)29-18/h8-9,11H,3-7H2,1-2H3,(H,22,25)/t11-/m0/s1. The number of thiophene rings is 2. The highest BCUT2D eigenvalue weighted by molar-refractivity contribution is 8.00. The summed E-state index contributed by atoms with van der Waals surface area (Å²) >= 11 is 4.19. The first-order valence-electron chi connectivity index (χ1n) is 9.46. The maximum atomic E-state index is 12.8. The number of aromatic nitrogens is 2. The van der Waals surface area contributed by atoms with Gasteiger partial charge in [-0.05, 0) is 49.6 Å². The number of nitrogens with one attached hydrogen (secondary N) is 1. The molecule has 1 aliphatic rings. The second kappa shape index (κ2) is 8.30. The van der Waals surface area contributed by atoms with Gasteiger partial charge in [0.25, 0.3) is 5.56 Å². The van der Waals surface area contributed by atoms with E-state index in [1.54, 1.807) is 20.0 Å². The Morgan fingerprint density at radius 1 is 1.38 bits per heavy atom. The Hall–Kier alpha value is -2.15. The Labute approximate surface area is 180 Å². The summed E-state index contributed by atoms with van der Waals surface area (Å²) in [4.78, 5) is 31.7. The lowest BCUT2D eigenvalue weighted by molar-refractivity contribution is -0.115. The summed E-state index contributed by atoms with van der Waals surface area (Å²) in [5, 5.41) is 15.7. The zero-order valence-corrected chi connectivity index (χ0v) is 18.6. The molecule has 1 atom stereocenters. The molecule has 1 aliphatic carbocycles. The van der Waals surface area contributed by atoms with E-state index in [1.165, 1.54) is 50.3 Å². The summed E-state index contributed by atoms with van der Waals surface area (Å²) in [7, 11) is 1.67. The number of hydrogen-bond donors (Lipinski definition) is 1. The number of anilines is 1. The number of hydrogen-bond acceptors (Lipinski definition) is 7. The summed E-state index contributed by atoms with van der Waals surface area (Å²) in [5.41, 5.74) is 1.61. The van der Waals surface area contributed by atoms with E-state index >= 15 is 0 Å². The number of amides is 1. The van der Waals surface area contributed by atoms with E-state index in [2.05, 4.69) is 16.4 Å². The van der Waals surface area contributed by atoms with Crippen molar-refractivity contribution >= 4 is 55.6 Å². The van der Waals surface area contributed by atoms with Crippen molar-refractivity contribution in [2.24, 2.45) is 7.05 Å². The lowest BCUT2D eigenvalue weighted by Crippen LogP contribution is -2.25. The Morgan fingerprint density at radius 2 is 2.17 bits per heavy atom. The zero-order valence-electron chi connectivity index (χ0n) is 16.2. The third kappa shape index (κ3) is 3.84. The molecule has 0 saturated heterocycles. The fourth-order valence-corrected chi connectivity index (χ4v) is 6.38. The van der Waals surface area contributed by atoms with Gasteiger partial charge in [0.15, 0.2) is 5.16 Å². The monoisotopic (exact) mass is 444 g/mol. The summed E-state index contributed by atoms with van der Waals surface area (Å²) in [6.45, 7) is 1.79. The van der Waals surface area contributed by atoms with Gasteiger partial charge in [-0.1, -0.05) is 18.2 Å². The third-order valence-corrected chi connectivity index (χ3v) is 8.24. The van der Waals surface area contributed by atoms with Gasteiger partial charge < -0.3 is 5.32 Å². The highest BCUT2D eigenvalue weighted by Gasteiger charge is 2.24. The molecule has 3 aromatic heterocycles. The molecule has 0 unspecified atom stereocenters. The minimum absolute atomic E-state index is 0.111. The van der Waals surface area contributed by atoms with E-state index in [0.29, 0.717) is 25.9 Å². The second-order valence-corrected chi connectivity index (χ2v) is 10.3. The Balaban J connectivity index is 1.55. The molecule has 0 aromatic carbocycles. The van der Waals surface area contributed by atoms with Crippen LogP contribution in [0.5, 0.6) is 0 Å². The minimum atomic E-state index is -0.459. The number of nitriles is 1. The smallest absolute Gasteiger partial charge is 0.262 e. The topological polar surface area (TPSA) is 87.8 Å². The molecule has 3 heterocycles. The van der Waals surface area contributed by atoms with Crippen LogP contribution >= 0.6 is 34.4 Å². The lowest BCUT2D eigenvalue weighted by atomic mass is 10.1. The maximum Gasteiger partial charge on any atom is 0.262 e. The van der Waals surface area contributed by atoms with E-state index < -0.39 is 5.25 Å². The van der Waals surface area contributed by atoms with Crippen LogP contribution in [0.4, 0.5) is 5.00 Å². The van der Waals surface area contributed by atoms with E-state index in [4.69, 9.17) is 0 Å². The van der Waals surface area contributed by atoms with Crippen molar-refractivity contribution in [1.29, 1.82) is 5.26 Å². The molecule has 6 nitrogen and oxygen atoms in total. The largest absolute Gasteiger partial charge is 0.316 e. The summed E-state index contributed by atoms with van der Waals surface area (Å²) in [5.74, 6) is -0.191. The third-order valence-electron chi connectivity index (χ3n) is 5.09. The van der Waals surface area contributed by atoms with Crippen molar-refractivity contribution in [3.63, 3.8) is 0 Å². The van der Waals surface area contributed by atoms with Crippen LogP contribution in [0.2, 0.25) is 0 Å². The molecule has 1 N–H and O–H groups in total. The van der Waals surface area contributed by atoms with Gasteiger partial charge in [-0.3, -0.25) is 14.2 Å². The molecule has 3 aromatic rings. The van der Waals surface area contributed by atoms with E-state index in [0.717, 1.165) is 31.2 Å². The zero-order chi connectivity index (χ0) is 20.5. The average Bonchev–Trinajstić information content (AvgIpc) is 3.23. The molecular weight excluding hydrogens is 424 g/mol. The first-order chi connectivity index (χ1) is 14.0. The summed E-state index contributed by atoms with van der Waals surface area (Å²) in [6.07, 6.45) is 5.28. The number of nitrogens with zero attached hydrogens (tertiary/aromatic N) is 3. The van der Waals surface area contributed by atoms with Gasteiger partial charge in [0.05, 0.1) is 16.2 Å². The van der Waals surface area contributed by atoms with Crippen LogP contribution in [0.25, 0.3) is 10.2 Å². The van der Waals surface area contributed by atoms with Gasteiger partial charge in [0, 0.05) is 11.9 Å². The van der Waals surface area contributed by atoms with Crippen LogP contribution in [0.15, 0.2) is 21.4 Å². The predicted molar refractivity (Wildman–Crippen MR) is 119 cm³/mol. The molecule has 9 heteroatoms. The fraction of sp³-hybridized carbons (Fsp3) is 0.400. The lowest BCUT2D eigenvalue weighted by Gasteiger charge is -2.13. The molecule has 0 radical (unpaired) electrons. The summed E-state index contributed by atoms with van der Waals surface area (Å²) in [6, 6.07) is 4.06. The van der Waals surface area contributed by atoms with Crippen LogP contribution in [-0.4, -0.2) is 20.7 Å². The van der Waals surface area contributed by atoms with Gasteiger partial charge >= 0.3 is 0 Å². The molecule has 0 bridgehead atoms. The number of carbonyl (C=O) groups is 1. The minimum Gasteiger partial charge on any atom is -0.316 e. The highest BCUT2D eigenvalue weighted by Crippen LogP contribution is 2.37. The molecule has 0 fully saturated rings. The van der Waals surface area contributed by atoms with Gasteiger partial charge in [-0.2, -0.15) is 5.26 Å². The van der Waals surface area contributed by atoms with Crippen LogP contribution in [0.1, 0.15) is 42.2 Å². The van der Waals surface area contributed by atoms with Gasteiger partial charge in [0.1, 0.15) is 15.9 Å². The molecule has 29 heavy (non-hydrogen) atoms. The number of aryl methyl sites for hydroxylation is 1. The number of fused-ring (bicyclic) bond motifs is 2. The molecule has 0 aliphatic heterocycles. The highest BCUT2D eigenvalue weighted by atomic mass is 32.2. The first kappa shape index (κ1) is 20.1. The van der Waals surface area contributed by atoms with Crippen LogP contribution < -0.4 is 10.9 Å². The van der Waals surface area contributed by atoms with Crippen molar-refractivity contribution in [2.45, 2.75) is 49.4 Å². The van der Waals surface area contributed by atoms with Crippen molar-refractivity contribution in [3.8, 4) is 6.07 Å². The first-order valence-corrected chi connectivity index (χ1v) is 12.0. The van der Waals surface area contributed by atoms with E-state index in [9.17, 15) is 14.9 Å². The predicted octanol–water partition coefficient (Wildman–Crippen LogP) is 4.32. The SMILES string of the molecule is C[C@H](Sc1nc2sccc2c(=O)n1C)C(=O)Nc1sc2c(c1C#N)CCCCC2. The van der Waals surface area contributed by atoms with E-state index in [1.807, 2.05) is 5.38 Å². The van der Waals surface area contributed by atoms with Crippen molar-refractivity contribution in [1.82, 2.24) is 9.55 Å². The van der Waals surface area contributed by atoms with Crippen LogP contribution in [-0.2, 0) is 24.7 Å².